The maximum absolute atomic E-state index is 10.9. The van der Waals surface area contributed by atoms with E-state index in [1.54, 1.807) is 0 Å². The lowest BCUT2D eigenvalue weighted by atomic mass is 10.1. The van der Waals surface area contributed by atoms with E-state index in [2.05, 4.69) is 4.98 Å². The minimum atomic E-state index is -0.848. The van der Waals surface area contributed by atoms with Gasteiger partial charge in [0.25, 0.3) is 0 Å². The van der Waals surface area contributed by atoms with Gasteiger partial charge in [0.2, 0.25) is 0 Å². The summed E-state index contributed by atoms with van der Waals surface area (Å²) >= 11 is 1.44. The van der Waals surface area contributed by atoms with Gasteiger partial charge in [0.05, 0.1) is 18.7 Å². The van der Waals surface area contributed by atoms with Crippen LogP contribution in [-0.4, -0.2) is 27.1 Å². The second-order valence-electron chi connectivity index (χ2n) is 4.51. The Bertz CT molecular complexity index is 791. The van der Waals surface area contributed by atoms with Crippen molar-refractivity contribution in [2.75, 3.05) is 6.61 Å². The molecule has 0 amide bonds. The number of nitrogens with zero attached hydrogens (tertiary/aromatic N) is 2. The van der Waals surface area contributed by atoms with E-state index >= 15 is 0 Å². The van der Waals surface area contributed by atoms with E-state index in [-0.39, 0.29) is 6.42 Å². The number of hydrogen-bond acceptors (Lipinski definition) is 4. The highest BCUT2D eigenvalue weighted by molar-refractivity contribution is 7.15. The number of carbonyl (C=O) groups is 1. The maximum Gasteiger partial charge on any atom is 0.309 e. The van der Waals surface area contributed by atoms with Gasteiger partial charge in [-0.2, -0.15) is 0 Å². The molecule has 0 saturated heterocycles. The molecule has 3 aromatic rings. The van der Waals surface area contributed by atoms with Crippen LogP contribution in [0.25, 0.3) is 16.2 Å². The van der Waals surface area contributed by atoms with E-state index < -0.39 is 5.97 Å². The average Bonchev–Trinajstić information content (AvgIpc) is 3.01. The lowest BCUT2D eigenvalue weighted by molar-refractivity contribution is -0.136. The molecule has 0 radical (unpaired) electrons. The average molecular weight is 302 g/mol. The zero-order chi connectivity index (χ0) is 14.8. The lowest BCUT2D eigenvalue weighted by Gasteiger charge is -2.07. The Balaban J connectivity index is 2.05. The third kappa shape index (κ3) is 2.62. The number of imidazole rings is 1. The lowest BCUT2D eigenvalue weighted by Crippen LogP contribution is -2.02. The Hall–Kier alpha value is -2.34. The van der Waals surface area contributed by atoms with Crippen molar-refractivity contribution in [3.63, 3.8) is 0 Å². The maximum atomic E-state index is 10.9. The van der Waals surface area contributed by atoms with Gasteiger partial charge in [-0.3, -0.25) is 9.20 Å². The summed E-state index contributed by atoms with van der Waals surface area (Å²) in [5.74, 6) is -0.0646. The van der Waals surface area contributed by atoms with Gasteiger partial charge in [-0.05, 0) is 19.1 Å². The quantitative estimate of drug-likeness (QED) is 0.786. The second-order valence-corrected chi connectivity index (χ2v) is 5.34. The first-order chi connectivity index (χ1) is 10.2. The fourth-order valence-electron chi connectivity index (χ4n) is 2.20. The van der Waals surface area contributed by atoms with Crippen molar-refractivity contribution in [1.29, 1.82) is 0 Å². The zero-order valence-corrected chi connectivity index (χ0v) is 12.3. The molecule has 3 rings (SSSR count). The molecule has 0 aliphatic carbocycles. The predicted octanol–water partition coefficient (Wildman–Crippen LogP) is 3.09. The SMILES string of the molecule is CCOc1ccccc1-c1cn2c(CC(=O)O)csc2n1. The smallest absolute Gasteiger partial charge is 0.309 e. The van der Waals surface area contributed by atoms with Crippen LogP contribution in [0, 0.1) is 0 Å². The summed E-state index contributed by atoms with van der Waals surface area (Å²) in [5.41, 5.74) is 2.43. The molecule has 0 aliphatic heterocycles. The van der Waals surface area contributed by atoms with Crippen LogP contribution in [-0.2, 0) is 11.2 Å². The van der Waals surface area contributed by atoms with Crippen LogP contribution < -0.4 is 4.74 Å². The first kappa shape index (κ1) is 13.6. The Morgan fingerprint density at radius 2 is 2.24 bits per heavy atom. The summed E-state index contributed by atoms with van der Waals surface area (Å²) in [5, 5.41) is 10.8. The van der Waals surface area contributed by atoms with Crippen molar-refractivity contribution in [2.45, 2.75) is 13.3 Å². The summed E-state index contributed by atoms with van der Waals surface area (Å²) < 4.78 is 7.45. The van der Waals surface area contributed by atoms with Gasteiger partial charge in [0, 0.05) is 22.8 Å². The molecule has 6 heteroatoms. The summed E-state index contributed by atoms with van der Waals surface area (Å²) in [6.45, 7) is 2.52. The molecule has 1 aromatic carbocycles. The van der Waals surface area contributed by atoms with Crippen LogP contribution in [0.2, 0.25) is 0 Å². The van der Waals surface area contributed by atoms with Gasteiger partial charge in [0.1, 0.15) is 5.75 Å². The van der Waals surface area contributed by atoms with Crippen molar-refractivity contribution in [2.24, 2.45) is 0 Å². The Kier molecular flexibility index (Phi) is 3.62. The second kappa shape index (κ2) is 5.57. The van der Waals surface area contributed by atoms with Crippen LogP contribution >= 0.6 is 11.3 Å². The third-order valence-corrected chi connectivity index (χ3v) is 3.97. The number of fused-ring (bicyclic) bond motifs is 1. The minimum absolute atomic E-state index is 0.0110. The standard InChI is InChI=1S/C15H14N2O3S/c1-2-20-13-6-4-3-5-11(13)12-8-17-10(7-14(18)19)9-21-15(17)16-12/h3-6,8-9H,2,7H2,1H3,(H,18,19). The van der Waals surface area contributed by atoms with E-state index in [0.29, 0.717) is 6.61 Å². The molecule has 0 bridgehead atoms. The number of carboxylic acids is 1. The molecule has 5 nitrogen and oxygen atoms in total. The van der Waals surface area contributed by atoms with E-state index in [0.717, 1.165) is 27.7 Å². The monoisotopic (exact) mass is 302 g/mol. The molecular weight excluding hydrogens is 288 g/mol. The fraction of sp³-hybridized carbons (Fsp3) is 0.200. The first-order valence-electron chi connectivity index (χ1n) is 6.58. The van der Waals surface area contributed by atoms with Crippen molar-refractivity contribution >= 4 is 22.3 Å². The Morgan fingerprint density at radius 1 is 1.43 bits per heavy atom. The fourth-order valence-corrected chi connectivity index (χ4v) is 3.07. The number of benzene rings is 1. The van der Waals surface area contributed by atoms with Crippen molar-refractivity contribution < 1.29 is 14.6 Å². The largest absolute Gasteiger partial charge is 0.493 e. The van der Waals surface area contributed by atoms with Crippen molar-refractivity contribution in [1.82, 2.24) is 9.38 Å². The molecular formula is C15H14N2O3S. The minimum Gasteiger partial charge on any atom is -0.493 e. The van der Waals surface area contributed by atoms with E-state index in [1.807, 2.05) is 47.2 Å². The number of hydrogen-bond donors (Lipinski definition) is 1. The summed E-state index contributed by atoms with van der Waals surface area (Å²) in [6.07, 6.45) is 1.85. The van der Waals surface area contributed by atoms with Gasteiger partial charge in [-0.15, -0.1) is 11.3 Å². The predicted molar refractivity (Wildman–Crippen MR) is 81.0 cm³/mol. The third-order valence-electron chi connectivity index (χ3n) is 3.08. The Morgan fingerprint density at radius 3 is 3.00 bits per heavy atom. The first-order valence-corrected chi connectivity index (χ1v) is 7.46. The topological polar surface area (TPSA) is 63.8 Å². The van der Waals surface area contributed by atoms with Crippen LogP contribution in [0.5, 0.6) is 5.75 Å². The summed E-state index contributed by atoms with van der Waals surface area (Å²) in [6, 6.07) is 7.71. The number of rotatable bonds is 5. The van der Waals surface area contributed by atoms with E-state index in [9.17, 15) is 4.79 Å². The molecule has 108 valence electrons. The Labute approximate surface area is 125 Å². The molecule has 0 fully saturated rings. The molecule has 1 N–H and O–H groups in total. The van der Waals surface area contributed by atoms with Crippen LogP contribution in [0.15, 0.2) is 35.8 Å². The highest BCUT2D eigenvalue weighted by Gasteiger charge is 2.14. The number of aliphatic carboxylic acids is 1. The van der Waals surface area contributed by atoms with Crippen LogP contribution in [0.4, 0.5) is 0 Å². The molecule has 2 aromatic heterocycles. The van der Waals surface area contributed by atoms with Gasteiger partial charge in [-0.1, -0.05) is 12.1 Å². The molecule has 0 aliphatic rings. The van der Waals surface area contributed by atoms with E-state index in [1.165, 1.54) is 11.3 Å². The van der Waals surface area contributed by atoms with Crippen molar-refractivity contribution in [3.05, 3.63) is 41.5 Å². The van der Waals surface area contributed by atoms with Gasteiger partial charge in [0.15, 0.2) is 4.96 Å². The van der Waals surface area contributed by atoms with Crippen LogP contribution in [0.3, 0.4) is 0 Å². The van der Waals surface area contributed by atoms with Crippen molar-refractivity contribution in [3.8, 4) is 17.0 Å². The number of thiazole rings is 1. The van der Waals surface area contributed by atoms with Gasteiger partial charge in [-0.25, -0.2) is 4.98 Å². The van der Waals surface area contributed by atoms with Gasteiger partial charge < -0.3 is 9.84 Å². The molecule has 0 saturated carbocycles. The molecule has 0 unspecified atom stereocenters. The molecule has 21 heavy (non-hydrogen) atoms. The highest BCUT2D eigenvalue weighted by atomic mass is 32.1. The number of carboxylic acid groups (broad SMARTS) is 1. The number of aromatic nitrogens is 2. The molecule has 2 heterocycles. The van der Waals surface area contributed by atoms with Gasteiger partial charge >= 0.3 is 5.97 Å². The van der Waals surface area contributed by atoms with E-state index in [4.69, 9.17) is 9.84 Å². The zero-order valence-electron chi connectivity index (χ0n) is 11.4. The van der Waals surface area contributed by atoms with Crippen LogP contribution in [0.1, 0.15) is 12.6 Å². The molecule has 0 atom stereocenters. The normalized spacial score (nSPS) is 10.9. The molecule has 0 spiro atoms. The summed E-state index contributed by atoms with van der Waals surface area (Å²) in [4.78, 5) is 16.2. The summed E-state index contributed by atoms with van der Waals surface area (Å²) in [7, 11) is 0. The highest BCUT2D eigenvalue weighted by Crippen LogP contribution is 2.31. The number of para-hydroxylation sites is 1. The number of ether oxygens (including phenoxy) is 1.